The van der Waals surface area contributed by atoms with Gasteiger partial charge in [-0.15, -0.1) is 0 Å². The summed E-state index contributed by atoms with van der Waals surface area (Å²) < 4.78 is 1.47. The average Bonchev–Trinajstić information content (AvgIpc) is 2.68. The van der Waals surface area contributed by atoms with E-state index in [2.05, 4.69) is 10.4 Å². The van der Waals surface area contributed by atoms with Crippen molar-refractivity contribution >= 4 is 11.9 Å². The molecular formula is C10H15N3O3. The van der Waals surface area contributed by atoms with Crippen molar-refractivity contribution in [2.24, 2.45) is 5.92 Å². The molecule has 0 fully saturated rings. The molecule has 0 saturated heterocycles. The number of carboxylic acids is 1. The van der Waals surface area contributed by atoms with Crippen molar-refractivity contribution in [3.05, 3.63) is 18.5 Å². The van der Waals surface area contributed by atoms with E-state index in [4.69, 9.17) is 5.11 Å². The Labute approximate surface area is 93.3 Å². The van der Waals surface area contributed by atoms with Gasteiger partial charge in [-0.05, 0) is 6.07 Å². The van der Waals surface area contributed by atoms with Crippen LogP contribution in [0.15, 0.2) is 18.5 Å². The van der Waals surface area contributed by atoms with Crippen LogP contribution in [0, 0.1) is 5.92 Å². The van der Waals surface area contributed by atoms with Gasteiger partial charge in [-0.25, -0.2) is 4.79 Å². The fourth-order valence-electron chi connectivity index (χ4n) is 1.12. The molecule has 6 nitrogen and oxygen atoms in total. The molecule has 1 rings (SSSR count). The Hall–Kier alpha value is -1.85. The van der Waals surface area contributed by atoms with Crippen molar-refractivity contribution in [3.8, 4) is 0 Å². The molecule has 0 aliphatic rings. The van der Waals surface area contributed by atoms with E-state index < -0.39 is 12.0 Å². The molecule has 0 radical (unpaired) electrons. The van der Waals surface area contributed by atoms with Gasteiger partial charge in [0, 0.05) is 18.3 Å². The minimum Gasteiger partial charge on any atom is -0.480 e. The predicted molar refractivity (Wildman–Crippen MR) is 56.6 cm³/mol. The molecule has 1 heterocycles. The first-order chi connectivity index (χ1) is 7.50. The van der Waals surface area contributed by atoms with Gasteiger partial charge < -0.3 is 10.4 Å². The first kappa shape index (κ1) is 12.2. The number of amides is 1. The number of rotatable bonds is 5. The highest BCUT2D eigenvalue weighted by Crippen LogP contribution is 1.96. The van der Waals surface area contributed by atoms with Gasteiger partial charge in [-0.1, -0.05) is 13.8 Å². The van der Waals surface area contributed by atoms with E-state index in [1.807, 2.05) is 0 Å². The van der Waals surface area contributed by atoms with E-state index in [0.29, 0.717) is 0 Å². The van der Waals surface area contributed by atoms with Gasteiger partial charge in [0.15, 0.2) is 0 Å². The summed E-state index contributed by atoms with van der Waals surface area (Å²) in [6, 6.07) is 0.748. The summed E-state index contributed by atoms with van der Waals surface area (Å²) in [5, 5.41) is 15.3. The van der Waals surface area contributed by atoms with Crippen LogP contribution in [0.25, 0.3) is 0 Å². The van der Waals surface area contributed by atoms with E-state index >= 15 is 0 Å². The molecule has 0 unspecified atom stereocenters. The lowest BCUT2D eigenvalue weighted by Gasteiger charge is -2.15. The maximum absolute atomic E-state index is 11.4. The third-order valence-corrected chi connectivity index (χ3v) is 2.07. The van der Waals surface area contributed by atoms with Crippen LogP contribution in [0.5, 0.6) is 0 Å². The molecule has 16 heavy (non-hydrogen) atoms. The second-order valence-electron chi connectivity index (χ2n) is 3.78. The maximum atomic E-state index is 11.4. The number of carbonyl (C=O) groups excluding carboxylic acids is 1. The number of aliphatic carboxylic acids is 1. The second kappa shape index (κ2) is 5.29. The van der Waals surface area contributed by atoms with Gasteiger partial charge >= 0.3 is 5.97 Å². The molecule has 0 saturated carbocycles. The second-order valence-corrected chi connectivity index (χ2v) is 3.78. The Balaban J connectivity index is 2.62. The average molecular weight is 225 g/mol. The number of aromatic nitrogens is 2. The summed E-state index contributed by atoms with van der Waals surface area (Å²) >= 11 is 0. The molecular weight excluding hydrogens is 210 g/mol. The highest BCUT2D eigenvalue weighted by molar-refractivity contribution is 5.84. The number of carboxylic acid groups (broad SMARTS) is 1. The Morgan fingerprint density at radius 1 is 1.50 bits per heavy atom. The van der Waals surface area contributed by atoms with Crippen LogP contribution in [-0.2, 0) is 16.1 Å². The first-order valence-corrected chi connectivity index (χ1v) is 5.01. The van der Waals surface area contributed by atoms with E-state index in [9.17, 15) is 9.59 Å². The highest BCUT2D eigenvalue weighted by atomic mass is 16.4. The highest BCUT2D eigenvalue weighted by Gasteiger charge is 2.21. The Morgan fingerprint density at radius 3 is 2.62 bits per heavy atom. The standard InChI is InChI=1S/C10H15N3O3/c1-7(2)9(14)12-8(10(15)16)6-13-5-3-4-11-13/h3-5,7-8H,6H2,1-2H3,(H,12,14)(H,15,16)/t8-/m1/s1. The van der Waals surface area contributed by atoms with Crippen molar-refractivity contribution in [1.82, 2.24) is 15.1 Å². The summed E-state index contributed by atoms with van der Waals surface area (Å²) in [5.41, 5.74) is 0. The van der Waals surface area contributed by atoms with Crippen molar-refractivity contribution < 1.29 is 14.7 Å². The molecule has 88 valence electrons. The number of nitrogens with zero attached hydrogens (tertiary/aromatic N) is 2. The smallest absolute Gasteiger partial charge is 0.328 e. The normalized spacial score (nSPS) is 12.4. The molecule has 2 N–H and O–H groups in total. The lowest BCUT2D eigenvalue weighted by molar-refractivity contribution is -0.142. The molecule has 1 amide bonds. The summed E-state index contributed by atoms with van der Waals surface area (Å²) in [4.78, 5) is 22.3. The number of hydrogen-bond acceptors (Lipinski definition) is 3. The quantitative estimate of drug-likeness (QED) is 0.744. The summed E-state index contributed by atoms with van der Waals surface area (Å²) in [5.74, 6) is -1.58. The van der Waals surface area contributed by atoms with Crippen LogP contribution in [0.3, 0.4) is 0 Å². The zero-order chi connectivity index (χ0) is 12.1. The zero-order valence-corrected chi connectivity index (χ0v) is 9.25. The lowest BCUT2D eigenvalue weighted by atomic mass is 10.2. The zero-order valence-electron chi connectivity index (χ0n) is 9.25. The summed E-state index contributed by atoms with van der Waals surface area (Å²) in [6.07, 6.45) is 3.21. The van der Waals surface area contributed by atoms with Gasteiger partial charge in [-0.2, -0.15) is 5.10 Å². The summed E-state index contributed by atoms with van der Waals surface area (Å²) in [6.45, 7) is 3.55. The van der Waals surface area contributed by atoms with Gasteiger partial charge in [0.05, 0.1) is 6.54 Å². The van der Waals surface area contributed by atoms with Crippen molar-refractivity contribution in [1.29, 1.82) is 0 Å². The number of carbonyl (C=O) groups is 2. The fraction of sp³-hybridized carbons (Fsp3) is 0.500. The van der Waals surface area contributed by atoms with Crippen LogP contribution < -0.4 is 5.32 Å². The topological polar surface area (TPSA) is 84.2 Å². The minimum atomic E-state index is -1.07. The van der Waals surface area contributed by atoms with E-state index in [0.717, 1.165) is 0 Å². The Morgan fingerprint density at radius 2 is 2.19 bits per heavy atom. The molecule has 1 atom stereocenters. The van der Waals surface area contributed by atoms with E-state index in [1.165, 1.54) is 4.68 Å². The largest absolute Gasteiger partial charge is 0.480 e. The molecule has 0 aliphatic heterocycles. The molecule has 0 aliphatic carbocycles. The van der Waals surface area contributed by atoms with Crippen LogP contribution >= 0.6 is 0 Å². The maximum Gasteiger partial charge on any atom is 0.328 e. The van der Waals surface area contributed by atoms with Crippen LogP contribution in [0.1, 0.15) is 13.8 Å². The molecule has 1 aromatic rings. The number of hydrogen-bond donors (Lipinski definition) is 2. The van der Waals surface area contributed by atoms with Gasteiger partial charge in [0.2, 0.25) is 5.91 Å². The van der Waals surface area contributed by atoms with Crippen LogP contribution in [-0.4, -0.2) is 32.8 Å². The van der Waals surface area contributed by atoms with Gasteiger partial charge in [-0.3, -0.25) is 9.48 Å². The van der Waals surface area contributed by atoms with Crippen molar-refractivity contribution in [2.45, 2.75) is 26.4 Å². The molecule has 1 aromatic heterocycles. The first-order valence-electron chi connectivity index (χ1n) is 5.01. The Kier molecular flexibility index (Phi) is 4.04. The van der Waals surface area contributed by atoms with Crippen LogP contribution in [0.4, 0.5) is 0 Å². The monoisotopic (exact) mass is 225 g/mol. The van der Waals surface area contributed by atoms with Crippen LogP contribution in [0.2, 0.25) is 0 Å². The third-order valence-electron chi connectivity index (χ3n) is 2.07. The van der Waals surface area contributed by atoms with E-state index in [-0.39, 0.29) is 18.4 Å². The fourth-order valence-corrected chi connectivity index (χ4v) is 1.12. The minimum absolute atomic E-state index is 0.126. The molecule has 0 spiro atoms. The Bertz CT molecular complexity index is 359. The SMILES string of the molecule is CC(C)C(=O)N[C@H](Cn1cccn1)C(=O)O. The molecule has 6 heteroatoms. The summed E-state index contributed by atoms with van der Waals surface area (Å²) in [7, 11) is 0. The van der Waals surface area contributed by atoms with E-state index in [1.54, 1.807) is 32.3 Å². The van der Waals surface area contributed by atoms with Gasteiger partial charge in [0.1, 0.15) is 6.04 Å². The number of nitrogens with one attached hydrogen (secondary N) is 1. The van der Waals surface area contributed by atoms with Gasteiger partial charge in [0.25, 0.3) is 0 Å². The molecule has 0 bridgehead atoms. The predicted octanol–water partition coefficient (Wildman–Crippen LogP) is 0.108. The molecule has 0 aromatic carbocycles. The van der Waals surface area contributed by atoms with Crippen molar-refractivity contribution in [3.63, 3.8) is 0 Å². The third kappa shape index (κ3) is 3.38. The van der Waals surface area contributed by atoms with Crippen molar-refractivity contribution in [2.75, 3.05) is 0 Å². The lowest BCUT2D eigenvalue weighted by Crippen LogP contribution is -2.45.